The third kappa shape index (κ3) is 4.62. The van der Waals surface area contributed by atoms with Crippen LogP contribution in [0.15, 0.2) is 48.8 Å². The summed E-state index contributed by atoms with van der Waals surface area (Å²) < 4.78 is 7.79. The van der Waals surface area contributed by atoms with Gasteiger partial charge in [0.25, 0.3) is 0 Å². The van der Waals surface area contributed by atoms with Gasteiger partial charge in [0.2, 0.25) is 0 Å². The molecule has 0 spiro atoms. The van der Waals surface area contributed by atoms with E-state index < -0.39 is 0 Å². The molecule has 2 amide bonds. The third-order valence-corrected chi connectivity index (χ3v) is 6.91. The lowest BCUT2D eigenvalue weighted by molar-refractivity contribution is 0.248. The highest BCUT2D eigenvalue weighted by atomic mass is 32.1. The first-order chi connectivity index (χ1) is 15.1. The van der Waals surface area contributed by atoms with Crippen molar-refractivity contribution >= 4 is 23.1 Å². The van der Waals surface area contributed by atoms with Crippen molar-refractivity contribution in [2.45, 2.75) is 39.8 Å². The number of ether oxygens (including phenoxy) is 1. The lowest BCUT2D eigenvalue weighted by atomic mass is 9.98. The van der Waals surface area contributed by atoms with Crippen LogP contribution in [0.25, 0.3) is 5.00 Å². The van der Waals surface area contributed by atoms with Crippen LogP contribution < -0.4 is 15.4 Å². The summed E-state index contributed by atoms with van der Waals surface area (Å²) in [6.45, 7) is 9.84. The van der Waals surface area contributed by atoms with E-state index in [9.17, 15) is 4.79 Å². The first-order valence-corrected chi connectivity index (χ1v) is 11.7. The van der Waals surface area contributed by atoms with Gasteiger partial charge in [0.05, 0.1) is 18.3 Å². The van der Waals surface area contributed by atoms with Gasteiger partial charge in [-0.2, -0.15) is 0 Å². The van der Waals surface area contributed by atoms with Crippen LogP contribution in [0, 0.1) is 0 Å². The van der Waals surface area contributed by atoms with Crippen LogP contribution in [0.1, 0.15) is 42.8 Å². The van der Waals surface area contributed by atoms with Gasteiger partial charge in [0.15, 0.2) is 0 Å². The van der Waals surface area contributed by atoms with Gasteiger partial charge >= 0.3 is 6.03 Å². The molecule has 1 aliphatic heterocycles. The molecule has 0 radical (unpaired) electrons. The predicted molar refractivity (Wildman–Crippen MR) is 126 cm³/mol. The molecule has 0 bridgehead atoms. The van der Waals surface area contributed by atoms with E-state index in [0.29, 0.717) is 18.0 Å². The van der Waals surface area contributed by atoms with Gasteiger partial charge in [-0.15, -0.1) is 11.3 Å². The average molecular weight is 439 g/mol. The lowest BCUT2D eigenvalue weighted by Gasteiger charge is -2.26. The molecular weight excluding hydrogens is 408 g/mol. The Morgan fingerprint density at radius 1 is 1.19 bits per heavy atom. The molecule has 164 valence electrons. The smallest absolute Gasteiger partial charge is 0.319 e. The molecular formula is C24H30N4O2S. The Balaban J connectivity index is 1.58. The van der Waals surface area contributed by atoms with Crippen LogP contribution in [0.3, 0.4) is 0 Å². The zero-order chi connectivity index (χ0) is 21.8. The molecule has 0 fully saturated rings. The number of aromatic nitrogens is 1. The predicted octanol–water partition coefficient (Wildman–Crippen LogP) is 5.20. The first-order valence-electron chi connectivity index (χ1n) is 10.9. The summed E-state index contributed by atoms with van der Waals surface area (Å²) in [6, 6.07) is 11.2. The van der Waals surface area contributed by atoms with Crippen molar-refractivity contribution in [3.63, 3.8) is 0 Å². The highest BCUT2D eigenvalue weighted by Gasteiger charge is 2.28. The van der Waals surface area contributed by atoms with E-state index >= 15 is 0 Å². The van der Waals surface area contributed by atoms with E-state index in [0.717, 1.165) is 26.1 Å². The van der Waals surface area contributed by atoms with E-state index in [1.165, 1.54) is 21.0 Å². The second-order valence-corrected chi connectivity index (χ2v) is 8.76. The molecule has 2 aromatic heterocycles. The molecule has 7 heteroatoms. The van der Waals surface area contributed by atoms with Crippen LogP contribution >= 0.6 is 11.3 Å². The maximum absolute atomic E-state index is 12.8. The van der Waals surface area contributed by atoms with Crippen molar-refractivity contribution < 1.29 is 9.53 Å². The van der Waals surface area contributed by atoms with Crippen LogP contribution in [0.5, 0.6) is 5.75 Å². The molecule has 2 N–H and O–H groups in total. The Bertz CT molecular complexity index is 1030. The molecule has 0 unspecified atom stereocenters. The summed E-state index contributed by atoms with van der Waals surface area (Å²) in [5.41, 5.74) is 3.28. The van der Waals surface area contributed by atoms with Gasteiger partial charge in [-0.05, 0) is 56.6 Å². The second kappa shape index (κ2) is 9.58. The number of nitrogens with one attached hydrogen (secondary N) is 2. The monoisotopic (exact) mass is 438 g/mol. The summed E-state index contributed by atoms with van der Waals surface area (Å²) in [6.07, 6.45) is 5.16. The van der Waals surface area contributed by atoms with Gasteiger partial charge in [0.1, 0.15) is 10.8 Å². The maximum Gasteiger partial charge on any atom is 0.319 e. The fourth-order valence-corrected chi connectivity index (χ4v) is 5.58. The largest absolute Gasteiger partial charge is 0.492 e. The number of hydrogen-bond acceptors (Lipinski definition) is 4. The summed E-state index contributed by atoms with van der Waals surface area (Å²) in [5, 5.41) is 7.29. The zero-order valence-electron chi connectivity index (χ0n) is 18.4. The summed E-state index contributed by atoms with van der Waals surface area (Å²) >= 11 is 1.84. The summed E-state index contributed by atoms with van der Waals surface area (Å²) in [4.78, 5) is 16.7. The molecule has 0 saturated heterocycles. The van der Waals surface area contributed by atoms with E-state index in [1.807, 2.05) is 54.7 Å². The van der Waals surface area contributed by atoms with Gasteiger partial charge in [-0.1, -0.05) is 19.1 Å². The Kier molecular flexibility index (Phi) is 6.63. The first kappa shape index (κ1) is 21.5. The fourth-order valence-electron chi connectivity index (χ4n) is 4.12. The molecule has 3 heterocycles. The number of urea groups is 1. The number of fused-ring (bicyclic) bond motifs is 1. The number of hydrogen-bond donors (Lipinski definition) is 2. The van der Waals surface area contributed by atoms with Crippen LogP contribution in [-0.2, 0) is 13.0 Å². The number of likely N-dealkylation sites (N-methyl/N-ethyl adjacent to an activating group) is 1. The Morgan fingerprint density at radius 2 is 1.97 bits per heavy atom. The van der Waals surface area contributed by atoms with Crippen molar-refractivity contribution in [3.8, 4) is 10.8 Å². The van der Waals surface area contributed by atoms with Gasteiger partial charge in [-0.25, -0.2) is 4.79 Å². The standard InChI is InChI=1S/C24H30N4O2S/c1-4-27-15-12-18-21(16-27)31-23(28-13-8-9-14-28)22(18)17(3)25-24(29)26-19-10-6-7-11-20(19)30-5-2/h6-11,13-14,17H,4-5,12,15-16H2,1-3H3,(H2,25,26,29)/t17-/m1/s1. The highest BCUT2D eigenvalue weighted by Crippen LogP contribution is 2.39. The number of rotatable bonds is 7. The number of anilines is 1. The minimum absolute atomic E-state index is 0.121. The summed E-state index contributed by atoms with van der Waals surface area (Å²) in [5.74, 6) is 0.674. The molecule has 3 aromatic rings. The average Bonchev–Trinajstić information content (AvgIpc) is 3.42. The molecule has 1 atom stereocenters. The number of thiophene rings is 1. The van der Waals surface area contributed by atoms with E-state index in [2.05, 4.69) is 46.3 Å². The molecule has 0 aliphatic carbocycles. The molecule has 4 rings (SSSR count). The molecule has 1 aliphatic rings. The number of amides is 2. The number of carbonyl (C=O) groups is 1. The second-order valence-electron chi connectivity index (χ2n) is 7.68. The third-order valence-electron chi connectivity index (χ3n) is 5.66. The number of nitrogens with zero attached hydrogens (tertiary/aromatic N) is 2. The number of para-hydroxylation sites is 2. The molecule has 6 nitrogen and oxygen atoms in total. The lowest BCUT2D eigenvalue weighted by Crippen LogP contribution is -2.33. The number of carbonyl (C=O) groups excluding carboxylic acids is 1. The minimum Gasteiger partial charge on any atom is -0.492 e. The Labute approximate surface area is 187 Å². The summed E-state index contributed by atoms with van der Waals surface area (Å²) in [7, 11) is 0. The van der Waals surface area contributed by atoms with Crippen LogP contribution in [0.2, 0.25) is 0 Å². The molecule has 31 heavy (non-hydrogen) atoms. The van der Waals surface area contributed by atoms with Gasteiger partial charge in [-0.3, -0.25) is 4.90 Å². The molecule has 0 saturated carbocycles. The fraction of sp³-hybridized carbons (Fsp3) is 0.375. The quantitative estimate of drug-likeness (QED) is 0.533. The van der Waals surface area contributed by atoms with Crippen molar-refractivity contribution in [2.75, 3.05) is 25.0 Å². The SMILES string of the molecule is CCOc1ccccc1NC(=O)N[C@H](C)c1c(-n2cccc2)sc2c1CCN(CC)C2. The number of benzene rings is 1. The van der Waals surface area contributed by atoms with Crippen LogP contribution in [-0.4, -0.2) is 35.2 Å². The van der Waals surface area contributed by atoms with Crippen LogP contribution in [0.4, 0.5) is 10.5 Å². The highest BCUT2D eigenvalue weighted by molar-refractivity contribution is 7.15. The Hall–Kier alpha value is -2.77. The van der Waals surface area contributed by atoms with Crippen molar-refractivity contribution in [2.24, 2.45) is 0 Å². The minimum atomic E-state index is -0.232. The van der Waals surface area contributed by atoms with Crippen molar-refractivity contribution in [1.29, 1.82) is 0 Å². The Morgan fingerprint density at radius 3 is 2.71 bits per heavy atom. The van der Waals surface area contributed by atoms with Crippen molar-refractivity contribution in [1.82, 2.24) is 14.8 Å². The van der Waals surface area contributed by atoms with Gasteiger partial charge < -0.3 is 19.9 Å². The topological polar surface area (TPSA) is 58.5 Å². The normalized spacial score (nSPS) is 14.7. The maximum atomic E-state index is 12.8. The van der Waals surface area contributed by atoms with Gasteiger partial charge in [0, 0.05) is 35.9 Å². The zero-order valence-corrected chi connectivity index (χ0v) is 19.2. The van der Waals surface area contributed by atoms with Crippen molar-refractivity contribution in [3.05, 3.63) is 64.8 Å². The molecule has 1 aromatic carbocycles. The van der Waals surface area contributed by atoms with E-state index in [-0.39, 0.29) is 12.1 Å². The van der Waals surface area contributed by atoms with E-state index in [1.54, 1.807) is 0 Å². The van der Waals surface area contributed by atoms with E-state index in [4.69, 9.17) is 4.74 Å².